The Bertz CT molecular complexity index is 541. The zero-order chi connectivity index (χ0) is 11.4. The Morgan fingerprint density at radius 1 is 1.19 bits per heavy atom. The van der Waals surface area contributed by atoms with Crippen molar-refractivity contribution in [1.82, 2.24) is 0 Å². The predicted octanol–water partition coefficient (Wildman–Crippen LogP) is 2.74. The molecule has 0 heterocycles. The van der Waals surface area contributed by atoms with Gasteiger partial charge in [-0.05, 0) is 10.8 Å². The standard InChI is InChI=1S/C13H11NO2/c1-10(15)16-14-9-12-7-4-6-11-5-2-3-8-13(11)12/h2-9H,1H3/b14-9-. The lowest BCUT2D eigenvalue weighted by atomic mass is 10.1. The van der Waals surface area contributed by atoms with Crippen molar-refractivity contribution < 1.29 is 9.63 Å². The van der Waals surface area contributed by atoms with Gasteiger partial charge in [0, 0.05) is 12.5 Å². The molecule has 0 fully saturated rings. The van der Waals surface area contributed by atoms with E-state index in [4.69, 9.17) is 0 Å². The molecule has 0 atom stereocenters. The molecule has 3 heteroatoms. The Morgan fingerprint density at radius 3 is 2.75 bits per heavy atom. The molecule has 0 aliphatic carbocycles. The van der Waals surface area contributed by atoms with Gasteiger partial charge in [-0.15, -0.1) is 0 Å². The number of hydrogen-bond acceptors (Lipinski definition) is 3. The maximum absolute atomic E-state index is 10.6. The molecule has 0 aromatic heterocycles. The first-order valence-corrected chi connectivity index (χ1v) is 4.96. The first-order chi connectivity index (χ1) is 7.77. The topological polar surface area (TPSA) is 38.7 Å². The maximum Gasteiger partial charge on any atom is 0.331 e. The molecule has 3 nitrogen and oxygen atoms in total. The van der Waals surface area contributed by atoms with Crippen LogP contribution in [-0.4, -0.2) is 12.2 Å². The normalized spacial score (nSPS) is 10.8. The van der Waals surface area contributed by atoms with Gasteiger partial charge < -0.3 is 4.84 Å². The first-order valence-electron chi connectivity index (χ1n) is 4.96. The van der Waals surface area contributed by atoms with Crippen LogP contribution in [0.3, 0.4) is 0 Å². The zero-order valence-corrected chi connectivity index (χ0v) is 8.88. The minimum atomic E-state index is -0.420. The maximum atomic E-state index is 10.6. The fourth-order valence-electron chi connectivity index (χ4n) is 1.52. The van der Waals surface area contributed by atoms with Gasteiger partial charge in [0.05, 0.1) is 6.21 Å². The van der Waals surface area contributed by atoms with Gasteiger partial charge >= 0.3 is 5.97 Å². The highest BCUT2D eigenvalue weighted by Crippen LogP contribution is 2.16. The molecule has 0 aliphatic rings. The molecule has 2 rings (SSSR count). The third-order valence-corrected chi connectivity index (χ3v) is 2.20. The highest BCUT2D eigenvalue weighted by atomic mass is 16.7. The van der Waals surface area contributed by atoms with Crippen molar-refractivity contribution in [3.63, 3.8) is 0 Å². The van der Waals surface area contributed by atoms with Crippen molar-refractivity contribution in [2.45, 2.75) is 6.92 Å². The molecule has 0 radical (unpaired) electrons. The minimum Gasteiger partial charge on any atom is -0.319 e. The molecule has 16 heavy (non-hydrogen) atoms. The molecule has 0 unspecified atom stereocenters. The summed E-state index contributed by atoms with van der Waals surface area (Å²) in [5.41, 5.74) is 0.930. The molecule has 0 saturated heterocycles. The second kappa shape index (κ2) is 4.57. The first kappa shape index (κ1) is 10.4. The Morgan fingerprint density at radius 2 is 1.94 bits per heavy atom. The van der Waals surface area contributed by atoms with Gasteiger partial charge in [0.15, 0.2) is 0 Å². The number of rotatable bonds is 2. The Labute approximate surface area is 93.3 Å². The molecular formula is C13H11NO2. The lowest BCUT2D eigenvalue weighted by molar-refractivity contribution is -0.140. The predicted molar refractivity (Wildman–Crippen MR) is 63.3 cm³/mol. The van der Waals surface area contributed by atoms with Crippen molar-refractivity contribution >= 4 is 23.0 Å². The van der Waals surface area contributed by atoms with Crippen LogP contribution in [0.4, 0.5) is 0 Å². The summed E-state index contributed by atoms with van der Waals surface area (Å²) in [6.45, 7) is 1.32. The molecular weight excluding hydrogens is 202 g/mol. The SMILES string of the molecule is CC(=O)O/N=C\c1cccc2ccccc12. The van der Waals surface area contributed by atoms with Crippen LogP contribution in [0, 0.1) is 0 Å². The molecule has 0 amide bonds. The Hall–Kier alpha value is -2.16. The van der Waals surface area contributed by atoms with Crippen LogP contribution >= 0.6 is 0 Å². The van der Waals surface area contributed by atoms with Crippen LogP contribution in [0.15, 0.2) is 47.6 Å². The van der Waals surface area contributed by atoms with E-state index in [9.17, 15) is 4.79 Å². The van der Waals surface area contributed by atoms with Crippen LogP contribution in [-0.2, 0) is 9.63 Å². The van der Waals surface area contributed by atoms with Crippen molar-refractivity contribution in [1.29, 1.82) is 0 Å². The summed E-state index contributed by atoms with van der Waals surface area (Å²) in [4.78, 5) is 15.1. The third-order valence-electron chi connectivity index (χ3n) is 2.20. The van der Waals surface area contributed by atoms with Crippen molar-refractivity contribution in [2.75, 3.05) is 0 Å². The number of carbonyl (C=O) groups is 1. The number of benzene rings is 2. The number of carbonyl (C=O) groups excluding carboxylic acids is 1. The summed E-state index contributed by atoms with van der Waals surface area (Å²) in [5, 5.41) is 5.83. The van der Waals surface area contributed by atoms with Crippen LogP contribution in [0.5, 0.6) is 0 Å². The smallest absolute Gasteiger partial charge is 0.319 e. The Balaban J connectivity index is 2.37. The largest absolute Gasteiger partial charge is 0.331 e. The van der Waals surface area contributed by atoms with Crippen molar-refractivity contribution in [2.24, 2.45) is 5.16 Å². The summed E-state index contributed by atoms with van der Waals surface area (Å²) in [6.07, 6.45) is 1.55. The van der Waals surface area contributed by atoms with Gasteiger partial charge in [-0.2, -0.15) is 0 Å². The summed E-state index contributed by atoms with van der Waals surface area (Å²) < 4.78 is 0. The fraction of sp³-hybridized carbons (Fsp3) is 0.0769. The highest BCUT2D eigenvalue weighted by molar-refractivity contribution is 5.99. The van der Waals surface area contributed by atoms with E-state index in [1.54, 1.807) is 6.21 Å². The van der Waals surface area contributed by atoms with Gasteiger partial charge in [0.25, 0.3) is 0 Å². The second-order valence-corrected chi connectivity index (χ2v) is 3.39. The monoisotopic (exact) mass is 213 g/mol. The lowest BCUT2D eigenvalue weighted by Gasteiger charge is -2.00. The summed E-state index contributed by atoms with van der Waals surface area (Å²) in [6, 6.07) is 13.9. The molecule has 80 valence electrons. The molecule has 0 saturated carbocycles. The number of oxime groups is 1. The summed E-state index contributed by atoms with van der Waals surface area (Å²) >= 11 is 0. The molecule has 2 aromatic carbocycles. The van der Waals surface area contributed by atoms with Gasteiger partial charge in [-0.1, -0.05) is 47.6 Å². The number of nitrogens with zero attached hydrogens (tertiary/aromatic N) is 1. The van der Waals surface area contributed by atoms with E-state index in [1.807, 2.05) is 42.5 Å². The average Bonchev–Trinajstić information content (AvgIpc) is 2.29. The number of fused-ring (bicyclic) bond motifs is 1. The summed E-state index contributed by atoms with van der Waals surface area (Å²) in [5.74, 6) is -0.420. The number of hydrogen-bond donors (Lipinski definition) is 0. The molecule has 0 N–H and O–H groups in total. The van der Waals surface area contributed by atoms with Crippen molar-refractivity contribution in [3.05, 3.63) is 48.0 Å². The fourth-order valence-corrected chi connectivity index (χ4v) is 1.52. The van der Waals surface area contributed by atoms with E-state index >= 15 is 0 Å². The third kappa shape index (κ3) is 2.25. The Kier molecular flexibility index (Phi) is 2.96. The van der Waals surface area contributed by atoms with Crippen LogP contribution in [0.25, 0.3) is 10.8 Å². The summed E-state index contributed by atoms with van der Waals surface area (Å²) in [7, 11) is 0. The van der Waals surface area contributed by atoms with Crippen molar-refractivity contribution in [3.8, 4) is 0 Å². The van der Waals surface area contributed by atoms with E-state index in [0.29, 0.717) is 0 Å². The highest BCUT2D eigenvalue weighted by Gasteiger charge is 1.97. The second-order valence-electron chi connectivity index (χ2n) is 3.39. The minimum absolute atomic E-state index is 0.420. The van der Waals surface area contributed by atoms with Crippen LogP contribution < -0.4 is 0 Å². The quantitative estimate of drug-likeness (QED) is 0.437. The van der Waals surface area contributed by atoms with Gasteiger partial charge in [-0.3, -0.25) is 0 Å². The molecule has 0 aliphatic heterocycles. The molecule has 2 aromatic rings. The lowest BCUT2D eigenvalue weighted by Crippen LogP contribution is -1.92. The van der Waals surface area contributed by atoms with E-state index in [1.165, 1.54) is 6.92 Å². The van der Waals surface area contributed by atoms with E-state index in [2.05, 4.69) is 9.99 Å². The van der Waals surface area contributed by atoms with Gasteiger partial charge in [0.1, 0.15) is 0 Å². The van der Waals surface area contributed by atoms with Gasteiger partial charge in [0.2, 0.25) is 0 Å². The molecule has 0 spiro atoms. The van der Waals surface area contributed by atoms with Gasteiger partial charge in [-0.25, -0.2) is 4.79 Å². The zero-order valence-electron chi connectivity index (χ0n) is 8.88. The van der Waals surface area contributed by atoms with E-state index < -0.39 is 5.97 Å². The van der Waals surface area contributed by atoms with E-state index in [0.717, 1.165) is 16.3 Å². The van der Waals surface area contributed by atoms with Crippen LogP contribution in [0.2, 0.25) is 0 Å². The van der Waals surface area contributed by atoms with E-state index in [-0.39, 0.29) is 0 Å². The average molecular weight is 213 g/mol. The van der Waals surface area contributed by atoms with Crippen LogP contribution in [0.1, 0.15) is 12.5 Å². The molecule has 0 bridgehead atoms.